The Labute approximate surface area is 181 Å². The molecule has 0 bridgehead atoms. The lowest BCUT2D eigenvalue weighted by Gasteiger charge is -2.28. The van der Waals surface area contributed by atoms with E-state index < -0.39 is 23.9 Å². The standard InChI is InChI=1S/C22H31F2N3O4/c23-22(24)6-3-15(4-7-22)13-31-19(28)11-17(9-14-1-2-14)21(30)27-18(12-25)10-16-5-8-26-20(16)29/h14-18H,1-11,13H2,(H,26,29)(H,27,30)/t16-,17+,18-/m0/s1. The molecule has 1 saturated heterocycles. The molecule has 0 unspecified atom stereocenters. The first-order valence-electron chi connectivity index (χ1n) is 11.3. The van der Waals surface area contributed by atoms with Crippen LogP contribution < -0.4 is 10.6 Å². The van der Waals surface area contributed by atoms with E-state index in [0.717, 1.165) is 12.8 Å². The Balaban J connectivity index is 1.47. The van der Waals surface area contributed by atoms with Gasteiger partial charge in [-0.05, 0) is 43.9 Å². The van der Waals surface area contributed by atoms with Gasteiger partial charge in [0, 0.05) is 31.2 Å². The second-order valence-electron chi connectivity index (χ2n) is 9.27. The number of carbonyl (C=O) groups is 3. The summed E-state index contributed by atoms with van der Waals surface area (Å²) < 4.78 is 31.8. The van der Waals surface area contributed by atoms with Gasteiger partial charge in [-0.25, -0.2) is 8.78 Å². The number of hydrogen-bond donors (Lipinski definition) is 2. The lowest BCUT2D eigenvalue weighted by molar-refractivity contribution is -0.149. The summed E-state index contributed by atoms with van der Waals surface area (Å²) >= 11 is 0. The van der Waals surface area contributed by atoms with E-state index in [9.17, 15) is 28.4 Å². The third-order valence-corrected chi connectivity index (χ3v) is 6.57. The molecular formula is C22H31F2N3O4. The van der Waals surface area contributed by atoms with Crippen molar-refractivity contribution in [3.05, 3.63) is 0 Å². The quantitative estimate of drug-likeness (QED) is 0.509. The van der Waals surface area contributed by atoms with Gasteiger partial charge in [-0.15, -0.1) is 0 Å². The fourth-order valence-corrected chi connectivity index (χ4v) is 4.36. The van der Waals surface area contributed by atoms with Crippen molar-refractivity contribution in [3.8, 4) is 6.07 Å². The third kappa shape index (κ3) is 7.44. The van der Waals surface area contributed by atoms with Crippen LogP contribution in [0.5, 0.6) is 0 Å². The van der Waals surface area contributed by atoms with Crippen LogP contribution in [0.15, 0.2) is 0 Å². The highest BCUT2D eigenvalue weighted by Gasteiger charge is 2.36. The topological polar surface area (TPSA) is 108 Å². The molecule has 1 heterocycles. The first-order valence-corrected chi connectivity index (χ1v) is 11.3. The number of alkyl halides is 2. The molecule has 3 rings (SSSR count). The first-order chi connectivity index (χ1) is 14.8. The van der Waals surface area contributed by atoms with Crippen molar-refractivity contribution in [3.63, 3.8) is 0 Å². The maximum Gasteiger partial charge on any atom is 0.306 e. The van der Waals surface area contributed by atoms with Crippen molar-refractivity contribution in [2.24, 2.45) is 23.7 Å². The second kappa shape index (κ2) is 10.4. The van der Waals surface area contributed by atoms with Gasteiger partial charge in [-0.1, -0.05) is 12.8 Å². The second-order valence-corrected chi connectivity index (χ2v) is 9.27. The highest BCUT2D eigenvalue weighted by molar-refractivity contribution is 5.84. The summed E-state index contributed by atoms with van der Waals surface area (Å²) in [5.41, 5.74) is 0. The Morgan fingerprint density at radius 3 is 2.45 bits per heavy atom. The van der Waals surface area contributed by atoms with Crippen molar-refractivity contribution < 1.29 is 27.9 Å². The van der Waals surface area contributed by atoms with Crippen LogP contribution in [-0.4, -0.2) is 42.9 Å². The highest BCUT2D eigenvalue weighted by atomic mass is 19.3. The predicted octanol–water partition coefficient (Wildman–Crippen LogP) is 2.70. The Kier molecular flexibility index (Phi) is 7.84. The fourth-order valence-electron chi connectivity index (χ4n) is 4.36. The van der Waals surface area contributed by atoms with Gasteiger partial charge in [0.2, 0.25) is 17.7 Å². The Hall–Kier alpha value is -2.24. The Bertz CT molecular complexity index is 710. The average Bonchev–Trinajstić information content (AvgIpc) is 3.46. The van der Waals surface area contributed by atoms with Crippen molar-refractivity contribution in [1.29, 1.82) is 5.26 Å². The molecule has 3 fully saturated rings. The fraction of sp³-hybridized carbons (Fsp3) is 0.818. The SMILES string of the molecule is N#C[C@H](C[C@@H]1CCNC1=O)NC(=O)[C@@H](CC(=O)OCC1CCC(F)(F)CC1)CC1CC1. The van der Waals surface area contributed by atoms with E-state index in [1.165, 1.54) is 0 Å². The summed E-state index contributed by atoms with van der Waals surface area (Å²) in [5.74, 6) is -4.17. The number of nitrogens with zero attached hydrogens (tertiary/aromatic N) is 1. The molecule has 2 aliphatic carbocycles. The Morgan fingerprint density at radius 1 is 1.16 bits per heavy atom. The van der Waals surface area contributed by atoms with Gasteiger partial charge in [0.05, 0.1) is 19.1 Å². The molecule has 0 aromatic rings. The van der Waals surface area contributed by atoms with Crippen LogP contribution in [0.1, 0.15) is 64.2 Å². The highest BCUT2D eigenvalue weighted by Crippen LogP contribution is 2.37. The molecule has 9 heteroatoms. The monoisotopic (exact) mass is 439 g/mol. The molecule has 3 aliphatic rings. The zero-order valence-electron chi connectivity index (χ0n) is 17.7. The van der Waals surface area contributed by atoms with E-state index in [-0.39, 0.29) is 55.9 Å². The number of rotatable bonds is 10. The van der Waals surface area contributed by atoms with Gasteiger partial charge in [-0.3, -0.25) is 14.4 Å². The smallest absolute Gasteiger partial charge is 0.306 e. The lowest BCUT2D eigenvalue weighted by atomic mass is 9.87. The van der Waals surface area contributed by atoms with Crippen LogP contribution in [-0.2, 0) is 19.1 Å². The van der Waals surface area contributed by atoms with Crippen LogP contribution in [0.25, 0.3) is 0 Å². The molecule has 31 heavy (non-hydrogen) atoms. The maximum absolute atomic E-state index is 13.3. The number of carbonyl (C=O) groups excluding carboxylic acids is 3. The number of nitriles is 1. The van der Waals surface area contributed by atoms with Crippen molar-refractivity contribution in [1.82, 2.24) is 10.6 Å². The molecule has 7 nitrogen and oxygen atoms in total. The van der Waals surface area contributed by atoms with Crippen molar-refractivity contribution >= 4 is 17.8 Å². The van der Waals surface area contributed by atoms with E-state index in [1.807, 2.05) is 6.07 Å². The largest absolute Gasteiger partial charge is 0.465 e. The zero-order chi connectivity index (χ0) is 22.4. The molecule has 3 atom stereocenters. The predicted molar refractivity (Wildman–Crippen MR) is 107 cm³/mol. The molecule has 2 N–H and O–H groups in total. The first kappa shape index (κ1) is 23.4. The van der Waals surface area contributed by atoms with E-state index in [0.29, 0.717) is 38.1 Å². The van der Waals surface area contributed by atoms with Crippen molar-refractivity contribution in [2.75, 3.05) is 13.2 Å². The Morgan fingerprint density at radius 2 is 1.87 bits per heavy atom. The van der Waals surface area contributed by atoms with E-state index >= 15 is 0 Å². The summed E-state index contributed by atoms with van der Waals surface area (Å²) in [6.45, 7) is 0.675. The number of nitrogens with one attached hydrogen (secondary N) is 2. The van der Waals surface area contributed by atoms with Gasteiger partial charge in [-0.2, -0.15) is 5.26 Å². The maximum atomic E-state index is 13.3. The molecule has 1 aliphatic heterocycles. The van der Waals surface area contributed by atoms with Gasteiger partial charge in [0.15, 0.2) is 0 Å². The van der Waals surface area contributed by atoms with Gasteiger partial charge in [0.1, 0.15) is 6.04 Å². The van der Waals surface area contributed by atoms with E-state index in [4.69, 9.17) is 4.74 Å². The van der Waals surface area contributed by atoms with Crippen LogP contribution in [0.3, 0.4) is 0 Å². The molecule has 0 spiro atoms. The molecule has 172 valence electrons. The number of ether oxygens (including phenoxy) is 1. The zero-order valence-corrected chi connectivity index (χ0v) is 17.7. The van der Waals surface area contributed by atoms with Crippen LogP contribution in [0.2, 0.25) is 0 Å². The summed E-state index contributed by atoms with van der Waals surface area (Å²) in [6, 6.07) is 1.25. The minimum Gasteiger partial charge on any atom is -0.465 e. The average molecular weight is 440 g/mol. The third-order valence-electron chi connectivity index (χ3n) is 6.57. The van der Waals surface area contributed by atoms with Gasteiger partial charge < -0.3 is 15.4 Å². The molecular weight excluding hydrogens is 408 g/mol. The summed E-state index contributed by atoms with van der Waals surface area (Å²) in [7, 11) is 0. The minimum atomic E-state index is -2.62. The van der Waals surface area contributed by atoms with Crippen molar-refractivity contribution in [2.45, 2.75) is 76.2 Å². The normalized spacial score (nSPS) is 25.2. The number of esters is 1. The van der Waals surface area contributed by atoms with Gasteiger partial charge in [0.25, 0.3) is 0 Å². The van der Waals surface area contributed by atoms with E-state index in [2.05, 4.69) is 10.6 Å². The molecule has 0 radical (unpaired) electrons. The summed E-state index contributed by atoms with van der Waals surface area (Å²) in [6.07, 6.45) is 3.66. The number of amides is 2. The molecule has 0 aromatic heterocycles. The summed E-state index contributed by atoms with van der Waals surface area (Å²) in [5, 5.41) is 14.8. The lowest BCUT2D eigenvalue weighted by Crippen LogP contribution is -2.41. The number of halogens is 2. The van der Waals surface area contributed by atoms with Crippen LogP contribution in [0.4, 0.5) is 8.78 Å². The molecule has 0 aromatic carbocycles. The van der Waals surface area contributed by atoms with Crippen LogP contribution in [0, 0.1) is 35.0 Å². The molecule has 2 saturated carbocycles. The number of hydrogen-bond acceptors (Lipinski definition) is 5. The molecule has 2 amide bonds. The van der Waals surface area contributed by atoms with Crippen LogP contribution >= 0.6 is 0 Å². The van der Waals surface area contributed by atoms with Gasteiger partial charge >= 0.3 is 5.97 Å². The summed E-state index contributed by atoms with van der Waals surface area (Å²) in [4.78, 5) is 36.9. The minimum absolute atomic E-state index is 0.0696. The van der Waals surface area contributed by atoms with E-state index in [1.54, 1.807) is 0 Å².